The predicted octanol–water partition coefficient (Wildman–Crippen LogP) is 3.97. The van der Waals surface area contributed by atoms with Crippen LogP contribution in [0.3, 0.4) is 0 Å². The van der Waals surface area contributed by atoms with Crippen molar-refractivity contribution in [3.05, 3.63) is 39.8 Å². The fraction of sp³-hybridized carbons (Fsp3) is 0.438. The van der Waals surface area contributed by atoms with E-state index in [-0.39, 0.29) is 0 Å². The number of rotatable bonds is 4. The molecule has 1 saturated heterocycles. The number of nitrogens with zero attached hydrogens (tertiary/aromatic N) is 2. The average Bonchev–Trinajstić information content (AvgIpc) is 3.08. The van der Waals surface area contributed by atoms with Crippen molar-refractivity contribution in [1.29, 1.82) is 0 Å². The van der Waals surface area contributed by atoms with Crippen LogP contribution in [0, 0.1) is 13.8 Å². The van der Waals surface area contributed by atoms with E-state index in [1.54, 1.807) is 11.3 Å². The molecule has 0 bridgehead atoms. The van der Waals surface area contributed by atoms with Crippen molar-refractivity contribution >= 4 is 22.7 Å². The fourth-order valence-electron chi connectivity index (χ4n) is 2.67. The van der Waals surface area contributed by atoms with Gasteiger partial charge in [0.15, 0.2) is 0 Å². The summed E-state index contributed by atoms with van der Waals surface area (Å²) in [5, 5.41) is 6.73. The Morgan fingerprint density at radius 2 is 2.05 bits per heavy atom. The van der Waals surface area contributed by atoms with Gasteiger partial charge in [-0.1, -0.05) is 0 Å². The van der Waals surface area contributed by atoms with Gasteiger partial charge in [-0.25, -0.2) is 4.98 Å². The Morgan fingerprint density at radius 3 is 2.70 bits per heavy atom. The van der Waals surface area contributed by atoms with E-state index >= 15 is 0 Å². The molecule has 2 heterocycles. The Morgan fingerprint density at radius 1 is 1.25 bits per heavy atom. The van der Waals surface area contributed by atoms with E-state index in [0.717, 1.165) is 17.2 Å². The van der Waals surface area contributed by atoms with Crippen molar-refractivity contribution in [2.75, 3.05) is 23.3 Å². The third kappa shape index (κ3) is 2.96. The highest BCUT2D eigenvalue weighted by Gasteiger charge is 2.13. The maximum absolute atomic E-state index is 4.48. The minimum atomic E-state index is 0.808. The van der Waals surface area contributed by atoms with Crippen LogP contribution in [0.15, 0.2) is 23.6 Å². The molecule has 1 aliphatic heterocycles. The first kappa shape index (κ1) is 13.4. The van der Waals surface area contributed by atoms with Gasteiger partial charge in [0.1, 0.15) is 5.01 Å². The van der Waals surface area contributed by atoms with Crippen molar-refractivity contribution < 1.29 is 0 Å². The molecular weight excluding hydrogens is 266 g/mol. The molecule has 1 N–H and O–H groups in total. The molecule has 1 fully saturated rings. The number of anilines is 2. The molecule has 2 aromatic rings. The topological polar surface area (TPSA) is 28.2 Å². The lowest BCUT2D eigenvalue weighted by molar-refractivity contribution is 0.949. The Balaban J connectivity index is 1.67. The maximum atomic E-state index is 4.48. The maximum Gasteiger partial charge on any atom is 0.112 e. The molecule has 1 aromatic heterocycles. The lowest BCUT2D eigenvalue weighted by atomic mass is 10.1. The van der Waals surface area contributed by atoms with E-state index < -0.39 is 0 Å². The largest absolute Gasteiger partial charge is 0.378 e. The van der Waals surface area contributed by atoms with E-state index in [1.165, 1.54) is 42.9 Å². The van der Waals surface area contributed by atoms with Crippen LogP contribution in [0.1, 0.15) is 29.1 Å². The molecule has 4 heteroatoms. The van der Waals surface area contributed by atoms with E-state index in [2.05, 4.69) is 45.7 Å². The van der Waals surface area contributed by atoms with Gasteiger partial charge in [-0.05, 0) is 50.5 Å². The normalized spacial score (nSPS) is 14.8. The van der Waals surface area contributed by atoms with Gasteiger partial charge in [-0.15, -0.1) is 11.3 Å². The zero-order chi connectivity index (χ0) is 13.9. The Labute approximate surface area is 124 Å². The van der Waals surface area contributed by atoms with Gasteiger partial charge >= 0.3 is 0 Å². The Bertz CT molecular complexity index is 585. The second kappa shape index (κ2) is 5.83. The summed E-state index contributed by atoms with van der Waals surface area (Å²) < 4.78 is 0. The number of nitrogens with one attached hydrogen (secondary N) is 1. The smallest absolute Gasteiger partial charge is 0.112 e. The van der Waals surface area contributed by atoms with Crippen LogP contribution in [0.2, 0.25) is 0 Å². The van der Waals surface area contributed by atoms with Crippen molar-refractivity contribution in [1.82, 2.24) is 4.98 Å². The van der Waals surface area contributed by atoms with Gasteiger partial charge in [0.05, 0.1) is 6.54 Å². The van der Waals surface area contributed by atoms with E-state index in [0.29, 0.717) is 0 Å². The SMILES string of the molecule is Cc1csc(CNc2ccc(N3CCCC3)cc2C)n1. The molecule has 0 radical (unpaired) electrons. The third-order valence-electron chi connectivity index (χ3n) is 3.78. The van der Waals surface area contributed by atoms with Crippen molar-refractivity contribution in [2.45, 2.75) is 33.2 Å². The lowest BCUT2D eigenvalue weighted by Gasteiger charge is -2.19. The van der Waals surface area contributed by atoms with Gasteiger partial charge in [0.25, 0.3) is 0 Å². The first-order chi connectivity index (χ1) is 9.72. The highest BCUT2D eigenvalue weighted by atomic mass is 32.1. The van der Waals surface area contributed by atoms with Crippen molar-refractivity contribution in [2.24, 2.45) is 0 Å². The second-order valence-electron chi connectivity index (χ2n) is 5.43. The first-order valence-electron chi connectivity index (χ1n) is 7.23. The quantitative estimate of drug-likeness (QED) is 0.922. The van der Waals surface area contributed by atoms with Gasteiger partial charge in [0.2, 0.25) is 0 Å². The van der Waals surface area contributed by atoms with E-state index in [1.807, 2.05) is 6.92 Å². The predicted molar refractivity (Wildman–Crippen MR) is 86.8 cm³/mol. The number of aromatic nitrogens is 1. The van der Waals surface area contributed by atoms with E-state index in [9.17, 15) is 0 Å². The molecule has 0 amide bonds. The summed E-state index contributed by atoms with van der Waals surface area (Å²) in [5.41, 5.74) is 4.98. The molecule has 106 valence electrons. The monoisotopic (exact) mass is 287 g/mol. The zero-order valence-electron chi connectivity index (χ0n) is 12.1. The minimum absolute atomic E-state index is 0.808. The highest BCUT2D eigenvalue weighted by Crippen LogP contribution is 2.26. The summed E-state index contributed by atoms with van der Waals surface area (Å²) in [4.78, 5) is 6.96. The minimum Gasteiger partial charge on any atom is -0.378 e. The van der Waals surface area contributed by atoms with Gasteiger partial charge in [0, 0.05) is 35.5 Å². The molecule has 0 saturated carbocycles. The number of aryl methyl sites for hydroxylation is 2. The number of thiazole rings is 1. The van der Waals surface area contributed by atoms with Gasteiger partial charge in [-0.3, -0.25) is 0 Å². The molecule has 1 aromatic carbocycles. The number of benzene rings is 1. The van der Waals surface area contributed by atoms with Crippen LogP contribution in [-0.2, 0) is 6.54 Å². The summed E-state index contributed by atoms with van der Waals surface area (Å²) in [7, 11) is 0. The third-order valence-corrected chi connectivity index (χ3v) is 4.74. The summed E-state index contributed by atoms with van der Waals surface area (Å²) >= 11 is 1.72. The first-order valence-corrected chi connectivity index (χ1v) is 8.11. The van der Waals surface area contributed by atoms with E-state index in [4.69, 9.17) is 0 Å². The summed E-state index contributed by atoms with van der Waals surface area (Å²) in [5.74, 6) is 0. The van der Waals surface area contributed by atoms with Crippen molar-refractivity contribution in [3.8, 4) is 0 Å². The van der Waals surface area contributed by atoms with Crippen LogP contribution in [-0.4, -0.2) is 18.1 Å². The van der Waals surface area contributed by atoms with Crippen LogP contribution in [0.25, 0.3) is 0 Å². The molecule has 20 heavy (non-hydrogen) atoms. The molecule has 0 aliphatic carbocycles. The highest BCUT2D eigenvalue weighted by molar-refractivity contribution is 7.09. The molecule has 0 atom stereocenters. The lowest BCUT2D eigenvalue weighted by Crippen LogP contribution is -2.17. The molecule has 3 rings (SSSR count). The molecular formula is C16H21N3S. The fourth-order valence-corrected chi connectivity index (χ4v) is 3.38. The van der Waals surface area contributed by atoms with Crippen LogP contribution in [0.5, 0.6) is 0 Å². The van der Waals surface area contributed by atoms with Gasteiger partial charge in [-0.2, -0.15) is 0 Å². The molecule has 0 unspecified atom stereocenters. The molecule has 1 aliphatic rings. The summed E-state index contributed by atoms with van der Waals surface area (Å²) in [6, 6.07) is 6.72. The number of hydrogen-bond donors (Lipinski definition) is 1. The van der Waals surface area contributed by atoms with Crippen LogP contribution in [0.4, 0.5) is 11.4 Å². The molecule has 0 spiro atoms. The molecule has 3 nitrogen and oxygen atoms in total. The Kier molecular flexibility index (Phi) is 3.92. The average molecular weight is 287 g/mol. The van der Waals surface area contributed by atoms with Crippen molar-refractivity contribution in [3.63, 3.8) is 0 Å². The standard InChI is InChI=1S/C16H21N3S/c1-12-9-14(19-7-3-4-8-19)5-6-15(12)17-10-16-18-13(2)11-20-16/h5-6,9,11,17H,3-4,7-8,10H2,1-2H3. The van der Waals surface area contributed by atoms with Gasteiger partial charge < -0.3 is 10.2 Å². The Hall–Kier alpha value is -1.55. The second-order valence-corrected chi connectivity index (χ2v) is 6.37. The number of hydrogen-bond acceptors (Lipinski definition) is 4. The van der Waals surface area contributed by atoms with Crippen LogP contribution >= 0.6 is 11.3 Å². The zero-order valence-corrected chi connectivity index (χ0v) is 13.0. The summed E-state index contributed by atoms with van der Waals surface area (Å²) in [6.45, 7) is 7.42. The summed E-state index contributed by atoms with van der Waals surface area (Å²) in [6.07, 6.45) is 2.64. The van der Waals surface area contributed by atoms with Crippen LogP contribution < -0.4 is 10.2 Å².